The highest BCUT2D eigenvalue weighted by atomic mass is 79.9. The first-order valence-corrected chi connectivity index (χ1v) is 6.87. The van der Waals surface area contributed by atoms with Crippen LogP contribution in [-0.4, -0.2) is 15.9 Å². The maximum atomic E-state index is 12.2. The van der Waals surface area contributed by atoms with E-state index < -0.39 is 6.36 Å². The van der Waals surface area contributed by atoms with Gasteiger partial charge >= 0.3 is 6.36 Å². The Kier molecular flexibility index (Phi) is 4.24. The molecule has 0 saturated carbocycles. The van der Waals surface area contributed by atoms with Gasteiger partial charge in [-0.1, -0.05) is 6.92 Å². The van der Waals surface area contributed by atoms with Gasteiger partial charge in [-0.25, -0.2) is 0 Å². The summed E-state index contributed by atoms with van der Waals surface area (Å²) in [5, 5.41) is 0. The fourth-order valence-corrected chi connectivity index (χ4v) is 2.51. The first-order chi connectivity index (χ1) is 9.31. The zero-order chi connectivity index (χ0) is 14.9. The Bertz CT molecular complexity index is 678. The van der Waals surface area contributed by atoms with E-state index in [2.05, 4.69) is 25.7 Å². The predicted molar refractivity (Wildman–Crippen MR) is 74.7 cm³/mol. The SMILES string of the molecule is CCc1c[nH]c(=S)n1-c1ccc(OC(F)(F)F)c(Br)c1. The molecule has 2 rings (SSSR count). The molecule has 0 atom stereocenters. The molecule has 0 saturated heterocycles. The van der Waals surface area contributed by atoms with Gasteiger partial charge in [0.1, 0.15) is 5.75 Å². The minimum absolute atomic E-state index is 0.206. The lowest BCUT2D eigenvalue weighted by molar-refractivity contribution is -0.274. The first kappa shape index (κ1) is 15.1. The van der Waals surface area contributed by atoms with Crippen molar-refractivity contribution in [3.8, 4) is 11.4 Å². The van der Waals surface area contributed by atoms with Gasteiger partial charge in [0.25, 0.3) is 0 Å². The third kappa shape index (κ3) is 3.24. The fourth-order valence-electron chi connectivity index (χ4n) is 1.78. The number of benzene rings is 1. The highest BCUT2D eigenvalue weighted by molar-refractivity contribution is 9.10. The number of H-pyrrole nitrogens is 1. The maximum Gasteiger partial charge on any atom is 0.573 e. The number of halogens is 4. The van der Waals surface area contributed by atoms with Gasteiger partial charge in [0.2, 0.25) is 0 Å². The van der Waals surface area contributed by atoms with E-state index in [4.69, 9.17) is 12.2 Å². The first-order valence-electron chi connectivity index (χ1n) is 5.67. The molecule has 0 bridgehead atoms. The number of alkyl halides is 3. The number of ether oxygens (including phenoxy) is 1. The molecule has 3 nitrogen and oxygen atoms in total. The summed E-state index contributed by atoms with van der Waals surface area (Å²) in [7, 11) is 0. The van der Waals surface area contributed by atoms with Crippen LogP contribution in [0.2, 0.25) is 0 Å². The van der Waals surface area contributed by atoms with Gasteiger partial charge in [0.05, 0.1) is 4.47 Å². The van der Waals surface area contributed by atoms with Crippen molar-refractivity contribution in [1.29, 1.82) is 0 Å². The van der Waals surface area contributed by atoms with Gasteiger partial charge < -0.3 is 9.72 Å². The molecule has 1 heterocycles. The lowest BCUT2D eigenvalue weighted by Gasteiger charge is -2.13. The van der Waals surface area contributed by atoms with Crippen LogP contribution in [0.25, 0.3) is 5.69 Å². The van der Waals surface area contributed by atoms with Crippen molar-refractivity contribution in [3.05, 3.63) is 39.3 Å². The lowest BCUT2D eigenvalue weighted by atomic mass is 10.2. The molecule has 1 aromatic carbocycles. The van der Waals surface area contributed by atoms with Crippen LogP contribution in [0.15, 0.2) is 28.9 Å². The summed E-state index contributed by atoms with van der Waals surface area (Å²) in [5.74, 6) is -0.290. The third-order valence-corrected chi connectivity index (χ3v) is 3.53. The Balaban J connectivity index is 2.43. The predicted octanol–water partition coefficient (Wildman–Crippen LogP) is 4.76. The second-order valence-corrected chi connectivity index (χ2v) is 5.18. The highest BCUT2D eigenvalue weighted by Crippen LogP contribution is 2.32. The van der Waals surface area contributed by atoms with Crippen LogP contribution in [0, 0.1) is 4.77 Å². The van der Waals surface area contributed by atoms with Gasteiger partial charge in [0, 0.05) is 17.6 Å². The molecule has 0 aliphatic carbocycles. The molecule has 8 heteroatoms. The largest absolute Gasteiger partial charge is 0.573 e. The van der Waals surface area contributed by atoms with Gasteiger partial charge in [-0.05, 0) is 52.8 Å². The molecule has 0 radical (unpaired) electrons. The Morgan fingerprint density at radius 2 is 2.10 bits per heavy atom. The van der Waals surface area contributed by atoms with Crippen LogP contribution in [0.4, 0.5) is 13.2 Å². The minimum Gasteiger partial charge on any atom is -0.405 e. The number of aromatic amines is 1. The van der Waals surface area contributed by atoms with E-state index >= 15 is 0 Å². The number of aryl methyl sites for hydroxylation is 1. The zero-order valence-electron chi connectivity index (χ0n) is 10.3. The monoisotopic (exact) mass is 366 g/mol. The Morgan fingerprint density at radius 1 is 1.40 bits per heavy atom. The van der Waals surface area contributed by atoms with E-state index in [1.807, 2.05) is 6.92 Å². The van der Waals surface area contributed by atoms with Gasteiger partial charge in [-0.2, -0.15) is 0 Å². The molecule has 0 unspecified atom stereocenters. The fraction of sp³-hybridized carbons (Fsp3) is 0.250. The lowest BCUT2D eigenvalue weighted by Crippen LogP contribution is -2.17. The standard InChI is InChI=1S/C12H10BrF3N2OS/c1-2-7-6-17-11(20)18(7)8-3-4-10(9(13)5-8)19-12(14,15)16/h3-6H,2H2,1H3,(H,17,20). The van der Waals surface area contributed by atoms with Crippen molar-refractivity contribution >= 4 is 28.1 Å². The van der Waals surface area contributed by atoms with E-state index in [1.54, 1.807) is 10.8 Å². The summed E-state index contributed by atoms with van der Waals surface area (Å²) in [5.41, 5.74) is 1.60. The summed E-state index contributed by atoms with van der Waals surface area (Å²) in [6.45, 7) is 1.96. The molecule has 2 aromatic rings. The van der Waals surface area contributed by atoms with Crippen LogP contribution < -0.4 is 4.74 Å². The van der Waals surface area contributed by atoms with E-state index in [0.717, 1.165) is 12.1 Å². The second kappa shape index (κ2) is 5.61. The Hall–Kier alpha value is -1.28. The summed E-state index contributed by atoms with van der Waals surface area (Å²) < 4.78 is 43.0. The molecule has 0 spiro atoms. The van der Waals surface area contributed by atoms with E-state index in [1.165, 1.54) is 18.2 Å². The maximum absolute atomic E-state index is 12.2. The average Bonchev–Trinajstić information content (AvgIpc) is 2.71. The number of rotatable bonds is 3. The normalized spacial score (nSPS) is 11.7. The Labute approximate surface area is 126 Å². The molecule has 0 fully saturated rings. The third-order valence-electron chi connectivity index (χ3n) is 2.61. The van der Waals surface area contributed by atoms with E-state index in [0.29, 0.717) is 10.5 Å². The molecular weight excluding hydrogens is 357 g/mol. The van der Waals surface area contributed by atoms with Crippen LogP contribution >= 0.6 is 28.1 Å². The number of aromatic nitrogens is 2. The van der Waals surface area contributed by atoms with Crippen molar-refractivity contribution in [2.45, 2.75) is 19.7 Å². The minimum atomic E-state index is -4.72. The summed E-state index contributed by atoms with van der Waals surface area (Å²) in [6, 6.07) is 4.31. The smallest absolute Gasteiger partial charge is 0.405 e. The van der Waals surface area contributed by atoms with Gasteiger partial charge in [0.15, 0.2) is 4.77 Å². The molecule has 0 aliphatic heterocycles. The summed E-state index contributed by atoms with van der Waals surface area (Å²) in [6.07, 6.45) is -2.20. The molecule has 0 amide bonds. The van der Waals surface area contributed by atoms with Crippen molar-refractivity contribution in [3.63, 3.8) is 0 Å². The summed E-state index contributed by atoms with van der Waals surface area (Å²) >= 11 is 8.24. The van der Waals surface area contributed by atoms with Crippen molar-refractivity contribution in [1.82, 2.24) is 9.55 Å². The number of nitrogens with one attached hydrogen (secondary N) is 1. The van der Waals surface area contributed by atoms with Crippen LogP contribution in [0.5, 0.6) is 5.75 Å². The molecule has 1 N–H and O–H groups in total. The van der Waals surface area contributed by atoms with Crippen LogP contribution in [-0.2, 0) is 6.42 Å². The summed E-state index contributed by atoms with van der Waals surface area (Å²) in [4.78, 5) is 2.91. The number of hydrogen-bond donors (Lipinski definition) is 1. The molecular formula is C12H10BrF3N2OS. The highest BCUT2D eigenvalue weighted by Gasteiger charge is 2.32. The van der Waals surface area contributed by atoms with Gasteiger partial charge in [-0.15, -0.1) is 13.2 Å². The Morgan fingerprint density at radius 3 is 2.65 bits per heavy atom. The second-order valence-electron chi connectivity index (χ2n) is 3.94. The van der Waals surface area contributed by atoms with Crippen molar-refractivity contribution in [2.24, 2.45) is 0 Å². The van der Waals surface area contributed by atoms with Crippen LogP contribution in [0.3, 0.4) is 0 Å². The quantitative estimate of drug-likeness (QED) is 0.793. The average molecular weight is 367 g/mol. The van der Waals surface area contributed by atoms with Gasteiger partial charge in [-0.3, -0.25) is 4.57 Å². The number of imidazole rings is 1. The topological polar surface area (TPSA) is 29.9 Å². The van der Waals surface area contributed by atoms with Crippen molar-refractivity contribution < 1.29 is 17.9 Å². The molecule has 1 aromatic heterocycles. The van der Waals surface area contributed by atoms with Crippen molar-refractivity contribution in [2.75, 3.05) is 0 Å². The molecule has 0 aliphatic rings. The van der Waals surface area contributed by atoms with Crippen LogP contribution in [0.1, 0.15) is 12.6 Å². The van der Waals surface area contributed by atoms with E-state index in [-0.39, 0.29) is 10.2 Å². The van der Waals surface area contributed by atoms with E-state index in [9.17, 15) is 13.2 Å². The number of nitrogens with zero attached hydrogens (tertiary/aromatic N) is 1. The zero-order valence-corrected chi connectivity index (χ0v) is 12.7. The molecule has 108 valence electrons. The number of hydrogen-bond acceptors (Lipinski definition) is 2. The molecule has 20 heavy (non-hydrogen) atoms.